The maximum absolute atomic E-state index is 12.1. The number of alkyl halides is 1. The number of aromatic nitrogens is 1. The SMILES string of the molecule is CC(C)C(CI)NS(=O)(=O)c1cncc(Br)c1. The molecule has 17 heavy (non-hydrogen) atoms. The van der Waals surface area contributed by atoms with Crippen LogP contribution < -0.4 is 4.72 Å². The van der Waals surface area contributed by atoms with Gasteiger partial charge in [0, 0.05) is 27.3 Å². The minimum Gasteiger partial charge on any atom is -0.262 e. The molecule has 1 rings (SSSR count). The minimum atomic E-state index is -3.49. The highest BCUT2D eigenvalue weighted by atomic mass is 127. The van der Waals surface area contributed by atoms with E-state index in [0.29, 0.717) is 4.47 Å². The molecular formula is C10H14BrIN2O2S. The summed E-state index contributed by atoms with van der Waals surface area (Å²) in [6.45, 7) is 3.98. The van der Waals surface area contributed by atoms with Crippen LogP contribution in [0.2, 0.25) is 0 Å². The molecule has 0 aromatic carbocycles. The second-order valence-electron chi connectivity index (χ2n) is 3.96. The third kappa shape index (κ3) is 4.46. The van der Waals surface area contributed by atoms with E-state index >= 15 is 0 Å². The smallest absolute Gasteiger partial charge is 0.242 e. The predicted octanol–water partition coefficient (Wildman–Crippen LogP) is 2.58. The Morgan fingerprint density at radius 2 is 2.12 bits per heavy atom. The first-order valence-electron chi connectivity index (χ1n) is 5.05. The summed E-state index contributed by atoms with van der Waals surface area (Å²) in [5.41, 5.74) is 0. The van der Waals surface area contributed by atoms with Crippen LogP contribution in [0, 0.1) is 5.92 Å². The number of nitrogens with one attached hydrogen (secondary N) is 1. The molecule has 0 aliphatic carbocycles. The summed E-state index contributed by atoms with van der Waals surface area (Å²) in [7, 11) is -3.49. The van der Waals surface area contributed by atoms with Crippen molar-refractivity contribution in [3.63, 3.8) is 0 Å². The lowest BCUT2D eigenvalue weighted by Gasteiger charge is -2.19. The van der Waals surface area contributed by atoms with Crippen molar-refractivity contribution in [2.45, 2.75) is 24.8 Å². The highest BCUT2D eigenvalue weighted by Gasteiger charge is 2.21. The van der Waals surface area contributed by atoms with Crippen LogP contribution in [0.4, 0.5) is 0 Å². The van der Waals surface area contributed by atoms with Crippen molar-refractivity contribution in [3.05, 3.63) is 22.9 Å². The molecule has 7 heteroatoms. The monoisotopic (exact) mass is 432 g/mol. The molecule has 1 N–H and O–H groups in total. The zero-order valence-electron chi connectivity index (χ0n) is 9.52. The molecule has 0 aliphatic heterocycles. The van der Waals surface area contributed by atoms with Gasteiger partial charge in [0.05, 0.1) is 0 Å². The molecule has 1 heterocycles. The van der Waals surface area contributed by atoms with Gasteiger partial charge in [-0.2, -0.15) is 0 Å². The third-order valence-corrected chi connectivity index (χ3v) is 5.11. The van der Waals surface area contributed by atoms with Crippen LogP contribution in [0.25, 0.3) is 0 Å². The van der Waals surface area contributed by atoms with Gasteiger partial charge in [-0.05, 0) is 27.9 Å². The van der Waals surface area contributed by atoms with E-state index in [4.69, 9.17) is 0 Å². The summed E-state index contributed by atoms with van der Waals surface area (Å²) in [4.78, 5) is 4.04. The Hall–Kier alpha value is 0.270. The summed E-state index contributed by atoms with van der Waals surface area (Å²) in [6.07, 6.45) is 2.90. The Labute approximate surface area is 124 Å². The average molecular weight is 433 g/mol. The van der Waals surface area contributed by atoms with Gasteiger partial charge in [-0.25, -0.2) is 13.1 Å². The number of halogens is 2. The van der Waals surface area contributed by atoms with E-state index < -0.39 is 10.0 Å². The molecule has 96 valence electrons. The lowest BCUT2D eigenvalue weighted by Crippen LogP contribution is -2.39. The maximum atomic E-state index is 12.1. The van der Waals surface area contributed by atoms with Gasteiger partial charge in [0.15, 0.2) is 0 Å². The average Bonchev–Trinajstić information content (AvgIpc) is 2.25. The van der Waals surface area contributed by atoms with Crippen LogP contribution in [0.5, 0.6) is 0 Å². The van der Waals surface area contributed by atoms with Crippen LogP contribution in [-0.2, 0) is 10.0 Å². The quantitative estimate of drug-likeness (QED) is 0.574. The fourth-order valence-electron chi connectivity index (χ4n) is 1.15. The molecule has 1 unspecified atom stereocenters. The Balaban J connectivity index is 2.96. The standard InChI is InChI=1S/C10H14BrIN2O2S/c1-7(2)10(4-12)14-17(15,16)9-3-8(11)5-13-6-9/h3,5-7,10,14H,4H2,1-2H3. The van der Waals surface area contributed by atoms with Crippen molar-refractivity contribution in [1.82, 2.24) is 9.71 Å². The van der Waals surface area contributed by atoms with E-state index in [2.05, 4.69) is 48.2 Å². The Morgan fingerprint density at radius 3 is 2.59 bits per heavy atom. The van der Waals surface area contributed by atoms with Crippen LogP contribution in [0.1, 0.15) is 13.8 Å². The summed E-state index contributed by atoms with van der Waals surface area (Å²) >= 11 is 5.39. The van der Waals surface area contributed by atoms with E-state index in [0.717, 1.165) is 4.43 Å². The van der Waals surface area contributed by atoms with Gasteiger partial charge in [0.2, 0.25) is 10.0 Å². The molecule has 0 saturated carbocycles. The zero-order chi connectivity index (χ0) is 13.1. The van der Waals surface area contributed by atoms with Crippen LogP contribution >= 0.6 is 38.5 Å². The van der Waals surface area contributed by atoms with Gasteiger partial charge in [-0.1, -0.05) is 36.4 Å². The first kappa shape index (κ1) is 15.3. The number of hydrogen-bond acceptors (Lipinski definition) is 3. The van der Waals surface area contributed by atoms with Crippen LogP contribution in [0.15, 0.2) is 27.8 Å². The van der Waals surface area contributed by atoms with E-state index in [-0.39, 0.29) is 16.9 Å². The maximum Gasteiger partial charge on any atom is 0.242 e. The minimum absolute atomic E-state index is 0.0698. The van der Waals surface area contributed by atoms with Gasteiger partial charge >= 0.3 is 0 Å². The van der Waals surface area contributed by atoms with Gasteiger partial charge in [-0.3, -0.25) is 4.98 Å². The van der Waals surface area contributed by atoms with Crippen LogP contribution in [-0.4, -0.2) is 23.9 Å². The van der Waals surface area contributed by atoms with E-state index in [1.54, 1.807) is 12.3 Å². The number of nitrogens with zero attached hydrogens (tertiary/aromatic N) is 1. The molecule has 1 aromatic heterocycles. The lowest BCUT2D eigenvalue weighted by atomic mass is 10.1. The third-order valence-electron chi connectivity index (χ3n) is 2.27. The van der Waals surface area contributed by atoms with E-state index in [9.17, 15) is 8.42 Å². The summed E-state index contributed by atoms with van der Waals surface area (Å²) in [5, 5.41) is 0. The highest BCUT2D eigenvalue weighted by molar-refractivity contribution is 14.1. The summed E-state index contributed by atoms with van der Waals surface area (Å²) in [5.74, 6) is 0.252. The zero-order valence-corrected chi connectivity index (χ0v) is 14.1. The largest absolute Gasteiger partial charge is 0.262 e. The molecule has 0 fully saturated rings. The predicted molar refractivity (Wildman–Crippen MR) is 79.8 cm³/mol. The molecule has 0 saturated heterocycles. The van der Waals surface area contributed by atoms with E-state index in [1.807, 2.05) is 13.8 Å². The van der Waals surface area contributed by atoms with Gasteiger partial charge in [0.1, 0.15) is 4.90 Å². The molecular weight excluding hydrogens is 419 g/mol. The van der Waals surface area contributed by atoms with Crippen molar-refractivity contribution in [1.29, 1.82) is 0 Å². The van der Waals surface area contributed by atoms with Crippen molar-refractivity contribution >= 4 is 48.5 Å². The van der Waals surface area contributed by atoms with Crippen molar-refractivity contribution in [2.24, 2.45) is 5.92 Å². The van der Waals surface area contributed by atoms with Crippen molar-refractivity contribution in [2.75, 3.05) is 4.43 Å². The first-order valence-corrected chi connectivity index (χ1v) is 8.86. The number of pyridine rings is 1. The number of sulfonamides is 1. The molecule has 0 spiro atoms. The number of rotatable bonds is 5. The Kier molecular flexibility index (Phi) is 5.81. The fourth-order valence-corrected chi connectivity index (χ4v) is 4.58. The lowest BCUT2D eigenvalue weighted by molar-refractivity contribution is 0.486. The summed E-state index contributed by atoms with van der Waals surface area (Å²) in [6, 6.07) is 1.47. The molecule has 0 amide bonds. The van der Waals surface area contributed by atoms with Gasteiger partial charge in [-0.15, -0.1) is 0 Å². The first-order chi connectivity index (χ1) is 7.86. The molecule has 1 aromatic rings. The Bertz CT molecular complexity index is 479. The normalized spacial score (nSPS) is 13.9. The van der Waals surface area contributed by atoms with E-state index in [1.165, 1.54) is 6.20 Å². The Morgan fingerprint density at radius 1 is 1.47 bits per heavy atom. The second-order valence-corrected chi connectivity index (χ2v) is 7.48. The van der Waals surface area contributed by atoms with Crippen molar-refractivity contribution < 1.29 is 8.42 Å². The number of hydrogen-bond donors (Lipinski definition) is 1. The molecule has 0 radical (unpaired) electrons. The van der Waals surface area contributed by atoms with Gasteiger partial charge in [0.25, 0.3) is 0 Å². The highest BCUT2D eigenvalue weighted by Crippen LogP contribution is 2.16. The molecule has 0 bridgehead atoms. The van der Waals surface area contributed by atoms with Crippen molar-refractivity contribution in [3.8, 4) is 0 Å². The van der Waals surface area contributed by atoms with Crippen LogP contribution in [0.3, 0.4) is 0 Å². The van der Waals surface area contributed by atoms with Gasteiger partial charge < -0.3 is 0 Å². The molecule has 0 aliphatic rings. The molecule has 1 atom stereocenters. The fraction of sp³-hybridized carbons (Fsp3) is 0.500. The second kappa shape index (κ2) is 6.44. The summed E-state index contributed by atoms with van der Waals surface area (Å²) < 4.78 is 28.2. The topological polar surface area (TPSA) is 59.1 Å². The molecule has 4 nitrogen and oxygen atoms in total.